The Labute approximate surface area is 122 Å². The van der Waals surface area contributed by atoms with Crippen molar-refractivity contribution >= 4 is 17.7 Å². The predicted molar refractivity (Wildman–Crippen MR) is 75.9 cm³/mol. The van der Waals surface area contributed by atoms with Crippen LogP contribution in [0.5, 0.6) is 5.75 Å². The number of ether oxygens (including phenoxy) is 2. The quantitative estimate of drug-likeness (QED) is 0.785. The summed E-state index contributed by atoms with van der Waals surface area (Å²) < 4.78 is 10.4. The zero-order valence-electron chi connectivity index (χ0n) is 11.7. The number of benzene rings is 1. The molecule has 2 rings (SSSR count). The number of rotatable bonds is 4. The van der Waals surface area contributed by atoms with Crippen LogP contribution in [-0.2, 0) is 4.74 Å². The minimum Gasteiger partial charge on any atom is -0.495 e. The number of anilines is 1. The molecular formula is C14H18N2O5. The van der Waals surface area contributed by atoms with Crippen LogP contribution in [-0.4, -0.2) is 43.5 Å². The van der Waals surface area contributed by atoms with E-state index in [-0.39, 0.29) is 11.6 Å². The molecule has 0 radical (unpaired) electrons. The molecule has 1 aliphatic rings. The highest BCUT2D eigenvalue weighted by molar-refractivity contribution is 5.94. The van der Waals surface area contributed by atoms with Crippen LogP contribution in [0, 0.1) is 0 Å². The molecule has 0 spiro atoms. The number of aromatic carboxylic acids is 1. The lowest BCUT2D eigenvalue weighted by Gasteiger charge is -2.23. The van der Waals surface area contributed by atoms with E-state index in [0.717, 1.165) is 12.8 Å². The van der Waals surface area contributed by atoms with E-state index in [1.54, 1.807) is 0 Å². The Morgan fingerprint density at radius 1 is 1.43 bits per heavy atom. The van der Waals surface area contributed by atoms with E-state index in [1.807, 2.05) is 0 Å². The largest absolute Gasteiger partial charge is 0.495 e. The Kier molecular flexibility index (Phi) is 4.99. The van der Waals surface area contributed by atoms with Gasteiger partial charge in [-0.15, -0.1) is 0 Å². The molecule has 1 fully saturated rings. The molecule has 7 heteroatoms. The smallest absolute Gasteiger partial charge is 0.335 e. The Balaban J connectivity index is 2.04. The number of hydrogen-bond acceptors (Lipinski definition) is 4. The van der Waals surface area contributed by atoms with Gasteiger partial charge in [0.1, 0.15) is 5.75 Å². The summed E-state index contributed by atoms with van der Waals surface area (Å²) in [4.78, 5) is 22.9. The van der Waals surface area contributed by atoms with Crippen molar-refractivity contribution in [2.45, 2.75) is 18.9 Å². The summed E-state index contributed by atoms with van der Waals surface area (Å²) in [6, 6.07) is 3.83. The van der Waals surface area contributed by atoms with Crippen molar-refractivity contribution in [2.24, 2.45) is 0 Å². The minimum absolute atomic E-state index is 0.0348. The maximum absolute atomic E-state index is 11.9. The molecular weight excluding hydrogens is 276 g/mol. The van der Waals surface area contributed by atoms with Gasteiger partial charge >= 0.3 is 12.0 Å². The summed E-state index contributed by atoms with van der Waals surface area (Å²) in [6.45, 7) is 1.20. The highest BCUT2D eigenvalue weighted by Gasteiger charge is 2.17. The van der Waals surface area contributed by atoms with Crippen molar-refractivity contribution in [3.8, 4) is 5.75 Å². The van der Waals surface area contributed by atoms with Gasteiger partial charge in [-0.2, -0.15) is 0 Å². The van der Waals surface area contributed by atoms with Crippen molar-refractivity contribution in [3.05, 3.63) is 23.8 Å². The van der Waals surface area contributed by atoms with Gasteiger partial charge in [0.25, 0.3) is 0 Å². The SMILES string of the molecule is COc1ccc(C(=O)O)cc1NC(=O)NC1CCCOC1. The molecule has 1 aromatic carbocycles. The molecule has 3 N–H and O–H groups in total. The van der Waals surface area contributed by atoms with E-state index in [0.29, 0.717) is 24.7 Å². The highest BCUT2D eigenvalue weighted by Crippen LogP contribution is 2.25. The van der Waals surface area contributed by atoms with Crippen molar-refractivity contribution < 1.29 is 24.2 Å². The maximum atomic E-state index is 11.9. The summed E-state index contributed by atoms with van der Waals surface area (Å²) >= 11 is 0. The lowest BCUT2D eigenvalue weighted by Crippen LogP contribution is -2.42. The number of methoxy groups -OCH3 is 1. The van der Waals surface area contributed by atoms with Gasteiger partial charge in [-0.25, -0.2) is 9.59 Å². The molecule has 1 aromatic rings. The topological polar surface area (TPSA) is 96.9 Å². The van der Waals surface area contributed by atoms with Crippen molar-refractivity contribution in [3.63, 3.8) is 0 Å². The normalized spacial score (nSPS) is 17.9. The predicted octanol–water partition coefficient (Wildman–Crippen LogP) is 1.69. The summed E-state index contributed by atoms with van der Waals surface area (Å²) in [5.41, 5.74) is 0.388. The van der Waals surface area contributed by atoms with Gasteiger partial charge in [0.15, 0.2) is 0 Å². The number of carbonyl (C=O) groups is 2. The summed E-state index contributed by atoms with van der Waals surface area (Å²) in [6.07, 6.45) is 1.77. The van der Waals surface area contributed by atoms with E-state index < -0.39 is 12.0 Å². The Morgan fingerprint density at radius 3 is 2.86 bits per heavy atom. The minimum atomic E-state index is -1.07. The number of urea groups is 1. The van der Waals surface area contributed by atoms with E-state index in [4.69, 9.17) is 14.6 Å². The van der Waals surface area contributed by atoms with Crippen LogP contribution in [0.15, 0.2) is 18.2 Å². The van der Waals surface area contributed by atoms with Crippen LogP contribution in [0.2, 0.25) is 0 Å². The van der Waals surface area contributed by atoms with Gasteiger partial charge in [-0.1, -0.05) is 0 Å². The molecule has 21 heavy (non-hydrogen) atoms. The molecule has 0 saturated carbocycles. The van der Waals surface area contributed by atoms with Crippen LogP contribution in [0.25, 0.3) is 0 Å². The molecule has 1 atom stereocenters. The zero-order valence-corrected chi connectivity index (χ0v) is 11.7. The molecule has 2 amide bonds. The molecule has 1 heterocycles. The van der Waals surface area contributed by atoms with E-state index >= 15 is 0 Å². The van der Waals surface area contributed by atoms with Crippen molar-refractivity contribution in [1.82, 2.24) is 5.32 Å². The second-order valence-electron chi connectivity index (χ2n) is 4.73. The monoisotopic (exact) mass is 294 g/mol. The summed E-state index contributed by atoms with van der Waals surface area (Å²) in [5, 5.41) is 14.4. The lowest BCUT2D eigenvalue weighted by molar-refractivity contribution is 0.0697. The van der Waals surface area contributed by atoms with Gasteiger partial charge in [-0.05, 0) is 31.0 Å². The number of amides is 2. The van der Waals surface area contributed by atoms with Crippen molar-refractivity contribution in [1.29, 1.82) is 0 Å². The third kappa shape index (κ3) is 4.09. The fourth-order valence-corrected chi connectivity index (χ4v) is 2.14. The zero-order chi connectivity index (χ0) is 15.2. The number of nitrogens with one attached hydrogen (secondary N) is 2. The highest BCUT2D eigenvalue weighted by atomic mass is 16.5. The van der Waals surface area contributed by atoms with Gasteiger partial charge in [0, 0.05) is 6.61 Å². The van der Waals surface area contributed by atoms with Gasteiger partial charge in [0.05, 0.1) is 31.0 Å². The third-order valence-electron chi connectivity index (χ3n) is 3.19. The van der Waals surface area contributed by atoms with Crippen LogP contribution in [0.3, 0.4) is 0 Å². The Bertz CT molecular complexity index is 526. The van der Waals surface area contributed by atoms with Gasteiger partial charge < -0.3 is 25.2 Å². The van der Waals surface area contributed by atoms with Gasteiger partial charge in [-0.3, -0.25) is 0 Å². The molecule has 1 saturated heterocycles. The van der Waals surface area contributed by atoms with Gasteiger partial charge in [0.2, 0.25) is 0 Å². The van der Waals surface area contributed by atoms with E-state index in [1.165, 1.54) is 25.3 Å². The lowest BCUT2D eigenvalue weighted by atomic mass is 10.1. The Hall–Kier alpha value is -2.28. The summed E-state index contributed by atoms with van der Waals surface area (Å²) in [5.74, 6) is -0.670. The van der Waals surface area contributed by atoms with Crippen LogP contribution >= 0.6 is 0 Å². The fraction of sp³-hybridized carbons (Fsp3) is 0.429. The fourth-order valence-electron chi connectivity index (χ4n) is 2.14. The number of carbonyl (C=O) groups excluding carboxylic acids is 1. The van der Waals surface area contributed by atoms with E-state index in [2.05, 4.69) is 10.6 Å². The van der Waals surface area contributed by atoms with Crippen LogP contribution < -0.4 is 15.4 Å². The molecule has 114 valence electrons. The third-order valence-corrected chi connectivity index (χ3v) is 3.19. The number of carboxylic acids is 1. The molecule has 7 nitrogen and oxygen atoms in total. The maximum Gasteiger partial charge on any atom is 0.335 e. The summed E-state index contributed by atoms with van der Waals surface area (Å²) in [7, 11) is 1.45. The van der Waals surface area contributed by atoms with Crippen molar-refractivity contribution in [2.75, 3.05) is 25.6 Å². The number of hydrogen-bond donors (Lipinski definition) is 3. The molecule has 0 bridgehead atoms. The first-order valence-corrected chi connectivity index (χ1v) is 6.66. The molecule has 1 unspecified atom stereocenters. The number of carboxylic acid groups (broad SMARTS) is 1. The average molecular weight is 294 g/mol. The first-order valence-electron chi connectivity index (χ1n) is 6.66. The molecule has 1 aliphatic heterocycles. The van der Waals surface area contributed by atoms with Crippen LogP contribution in [0.1, 0.15) is 23.2 Å². The molecule has 0 aromatic heterocycles. The second-order valence-corrected chi connectivity index (χ2v) is 4.73. The second kappa shape index (κ2) is 6.94. The van der Waals surface area contributed by atoms with Crippen LogP contribution in [0.4, 0.5) is 10.5 Å². The average Bonchev–Trinajstić information content (AvgIpc) is 2.48. The Morgan fingerprint density at radius 2 is 2.24 bits per heavy atom. The first kappa shape index (κ1) is 15.1. The van der Waals surface area contributed by atoms with E-state index in [9.17, 15) is 9.59 Å². The molecule has 0 aliphatic carbocycles. The first-order chi connectivity index (χ1) is 10.1. The standard InChI is InChI=1S/C14H18N2O5/c1-20-12-5-4-9(13(17)18)7-11(12)16-14(19)15-10-3-2-6-21-8-10/h4-5,7,10H,2-3,6,8H2,1H3,(H,17,18)(H2,15,16,19).